The van der Waals surface area contributed by atoms with Crippen LogP contribution in [0.5, 0.6) is 0 Å². The van der Waals surface area contributed by atoms with E-state index in [1.165, 1.54) is 16.5 Å². The van der Waals surface area contributed by atoms with E-state index in [0.29, 0.717) is 0 Å². The van der Waals surface area contributed by atoms with E-state index >= 15 is 0 Å². The van der Waals surface area contributed by atoms with E-state index in [9.17, 15) is 5.11 Å². The van der Waals surface area contributed by atoms with Crippen molar-refractivity contribution >= 4 is 32.8 Å². The van der Waals surface area contributed by atoms with Gasteiger partial charge < -0.3 is 5.11 Å². The van der Waals surface area contributed by atoms with E-state index in [2.05, 4.69) is 46.3 Å². The molecule has 0 aliphatic heterocycles. The molecule has 0 amide bonds. The van der Waals surface area contributed by atoms with Crippen LogP contribution < -0.4 is 0 Å². The molecule has 0 spiro atoms. The Kier molecular flexibility index (Phi) is 3.03. The number of allylic oxidation sites excluding steroid dienone is 1. The van der Waals surface area contributed by atoms with E-state index in [1.54, 1.807) is 0 Å². The summed E-state index contributed by atoms with van der Waals surface area (Å²) >= 11 is 3.55. The highest BCUT2D eigenvalue weighted by Crippen LogP contribution is 2.36. The van der Waals surface area contributed by atoms with Crippen molar-refractivity contribution in [1.29, 1.82) is 0 Å². The zero-order valence-corrected chi connectivity index (χ0v) is 12.8. The average molecular weight is 317 g/mol. The van der Waals surface area contributed by atoms with E-state index in [-0.39, 0.29) is 0 Å². The van der Waals surface area contributed by atoms with Crippen molar-refractivity contribution < 1.29 is 5.11 Å². The highest BCUT2D eigenvalue weighted by atomic mass is 79.9. The number of hydrogen-bond acceptors (Lipinski definition) is 1. The van der Waals surface area contributed by atoms with Crippen molar-refractivity contribution in [2.24, 2.45) is 0 Å². The summed E-state index contributed by atoms with van der Waals surface area (Å²) in [6.45, 7) is 3.71. The second-order valence-corrected chi connectivity index (χ2v) is 6.60. The van der Waals surface area contributed by atoms with Gasteiger partial charge in [-0.1, -0.05) is 40.2 Å². The van der Waals surface area contributed by atoms with Gasteiger partial charge in [0.2, 0.25) is 0 Å². The lowest BCUT2D eigenvalue weighted by Gasteiger charge is -2.24. The van der Waals surface area contributed by atoms with E-state index in [4.69, 9.17) is 0 Å². The van der Waals surface area contributed by atoms with Gasteiger partial charge in [-0.25, -0.2) is 0 Å². The molecule has 0 aromatic heterocycles. The number of aryl methyl sites for hydroxylation is 1. The predicted molar refractivity (Wildman–Crippen MR) is 84.2 cm³/mol. The van der Waals surface area contributed by atoms with Crippen LogP contribution in [0.2, 0.25) is 0 Å². The van der Waals surface area contributed by atoms with Crippen molar-refractivity contribution in [3.05, 3.63) is 51.5 Å². The van der Waals surface area contributed by atoms with Crippen LogP contribution in [-0.2, 0) is 12.0 Å². The van der Waals surface area contributed by atoms with Gasteiger partial charge in [-0.15, -0.1) is 0 Å². The van der Waals surface area contributed by atoms with Crippen LogP contribution in [0.1, 0.15) is 37.0 Å². The summed E-state index contributed by atoms with van der Waals surface area (Å²) in [6, 6.07) is 8.46. The number of hydrogen-bond donors (Lipinski definition) is 1. The predicted octanol–water partition coefficient (Wildman–Crippen LogP) is 4.79. The zero-order valence-electron chi connectivity index (χ0n) is 11.2. The maximum Gasteiger partial charge on any atom is 0.0846 e. The van der Waals surface area contributed by atoms with Gasteiger partial charge in [0.05, 0.1) is 5.60 Å². The first-order chi connectivity index (χ1) is 8.97. The molecule has 3 rings (SSSR count). The summed E-state index contributed by atoms with van der Waals surface area (Å²) in [7, 11) is 0. The second-order valence-electron chi connectivity index (χ2n) is 5.69. The quantitative estimate of drug-likeness (QED) is 0.802. The molecule has 1 aliphatic carbocycles. The first-order valence-electron chi connectivity index (χ1n) is 6.61. The smallest absolute Gasteiger partial charge is 0.0846 e. The van der Waals surface area contributed by atoms with Crippen LogP contribution in [-0.4, -0.2) is 5.11 Å². The fraction of sp³-hybridized carbons (Fsp3) is 0.294. The summed E-state index contributed by atoms with van der Waals surface area (Å²) in [5.74, 6) is 0. The fourth-order valence-corrected chi connectivity index (χ4v) is 3.19. The fourth-order valence-electron chi connectivity index (χ4n) is 2.83. The molecule has 19 heavy (non-hydrogen) atoms. The molecular weight excluding hydrogens is 300 g/mol. The maximum atomic E-state index is 10.4. The Morgan fingerprint density at radius 3 is 2.68 bits per heavy atom. The molecule has 2 aromatic rings. The van der Waals surface area contributed by atoms with Crippen LogP contribution >= 0.6 is 15.9 Å². The van der Waals surface area contributed by atoms with Crippen LogP contribution in [0.4, 0.5) is 0 Å². The molecule has 1 N–H and O–H groups in total. The van der Waals surface area contributed by atoms with Crippen LogP contribution in [0.15, 0.2) is 34.8 Å². The lowest BCUT2D eigenvalue weighted by atomic mass is 9.84. The molecule has 1 aliphatic rings. The number of benzene rings is 2. The molecule has 0 radical (unpaired) electrons. The van der Waals surface area contributed by atoms with Gasteiger partial charge in [0.25, 0.3) is 0 Å². The lowest BCUT2D eigenvalue weighted by molar-refractivity contribution is 0.0801. The molecule has 0 atom stereocenters. The summed E-state index contributed by atoms with van der Waals surface area (Å²) in [6.07, 6.45) is 6.57. The van der Waals surface area contributed by atoms with Gasteiger partial charge in [-0.05, 0) is 66.3 Å². The van der Waals surface area contributed by atoms with Crippen molar-refractivity contribution in [2.45, 2.75) is 32.3 Å². The Labute approximate surface area is 122 Å². The van der Waals surface area contributed by atoms with Gasteiger partial charge >= 0.3 is 0 Å². The summed E-state index contributed by atoms with van der Waals surface area (Å²) in [5, 5.41) is 12.8. The largest absolute Gasteiger partial charge is 0.386 e. The molecule has 0 heterocycles. The second kappa shape index (κ2) is 4.46. The number of rotatable bonds is 1. The topological polar surface area (TPSA) is 20.2 Å². The minimum Gasteiger partial charge on any atom is -0.386 e. The highest BCUT2D eigenvalue weighted by Gasteiger charge is 2.22. The Morgan fingerprint density at radius 1 is 1.16 bits per heavy atom. The number of fused-ring (bicyclic) bond motifs is 3. The summed E-state index contributed by atoms with van der Waals surface area (Å²) in [5.41, 5.74) is 2.84. The average Bonchev–Trinajstić information content (AvgIpc) is 2.36. The molecule has 1 nitrogen and oxygen atoms in total. The number of aliphatic hydroxyl groups is 1. The summed E-state index contributed by atoms with van der Waals surface area (Å²) < 4.78 is 1.08. The van der Waals surface area contributed by atoms with E-state index in [0.717, 1.165) is 28.3 Å². The SMILES string of the molecule is CC(C)(O)c1cc2c(c3cc(Br)ccc13)C=CCC2. The first kappa shape index (κ1) is 12.9. The van der Waals surface area contributed by atoms with Gasteiger partial charge in [0.1, 0.15) is 0 Å². The standard InChI is InChI=1S/C17H17BrO/c1-17(2,19)16-9-11-5-3-4-6-13(11)15-10-12(18)7-8-14(15)16/h4,6-10,19H,3,5H2,1-2H3. The zero-order chi connectivity index (χ0) is 13.6. The van der Waals surface area contributed by atoms with E-state index in [1.807, 2.05) is 19.9 Å². The minimum absolute atomic E-state index is 0.817. The third-order valence-corrected chi connectivity index (χ3v) is 4.24. The molecule has 0 unspecified atom stereocenters. The number of halogens is 1. The Bertz CT molecular complexity index is 678. The van der Waals surface area contributed by atoms with Crippen LogP contribution in [0, 0.1) is 0 Å². The van der Waals surface area contributed by atoms with Crippen LogP contribution in [0.25, 0.3) is 16.8 Å². The molecule has 2 heteroatoms. The van der Waals surface area contributed by atoms with Crippen molar-refractivity contribution in [2.75, 3.05) is 0 Å². The molecule has 0 fully saturated rings. The van der Waals surface area contributed by atoms with Crippen molar-refractivity contribution in [3.63, 3.8) is 0 Å². The Hall–Kier alpha value is -1.12. The van der Waals surface area contributed by atoms with Gasteiger partial charge in [0, 0.05) is 4.47 Å². The molecule has 98 valence electrons. The molecule has 0 bridgehead atoms. The van der Waals surface area contributed by atoms with Gasteiger partial charge in [-0.3, -0.25) is 0 Å². The monoisotopic (exact) mass is 316 g/mol. The van der Waals surface area contributed by atoms with Crippen molar-refractivity contribution in [3.8, 4) is 0 Å². The Morgan fingerprint density at radius 2 is 1.95 bits per heavy atom. The minimum atomic E-state index is -0.817. The lowest BCUT2D eigenvalue weighted by Crippen LogP contribution is -2.17. The molecule has 0 saturated heterocycles. The van der Waals surface area contributed by atoms with Crippen LogP contribution in [0.3, 0.4) is 0 Å². The van der Waals surface area contributed by atoms with E-state index < -0.39 is 5.60 Å². The maximum absolute atomic E-state index is 10.4. The Balaban J connectivity index is 2.44. The van der Waals surface area contributed by atoms with Crippen molar-refractivity contribution in [1.82, 2.24) is 0 Å². The van der Waals surface area contributed by atoms with Gasteiger partial charge in [0.15, 0.2) is 0 Å². The molecule has 2 aromatic carbocycles. The van der Waals surface area contributed by atoms with Gasteiger partial charge in [-0.2, -0.15) is 0 Å². The normalized spacial score (nSPS) is 14.7. The third kappa shape index (κ3) is 2.24. The molecular formula is C17H17BrO. The highest BCUT2D eigenvalue weighted by molar-refractivity contribution is 9.10. The molecule has 0 saturated carbocycles. The summed E-state index contributed by atoms with van der Waals surface area (Å²) in [4.78, 5) is 0. The first-order valence-corrected chi connectivity index (χ1v) is 7.40. The third-order valence-electron chi connectivity index (χ3n) is 3.75.